The van der Waals surface area contributed by atoms with E-state index in [2.05, 4.69) is 4.98 Å². The van der Waals surface area contributed by atoms with Crippen molar-refractivity contribution in [2.75, 3.05) is 14.2 Å². The molecule has 0 aliphatic rings. The SMILES string of the molecule is COc1ccnc(CC(=O)[O-])c1OC.[Li+]. The van der Waals surface area contributed by atoms with Gasteiger partial charge in [0.05, 0.1) is 19.9 Å². The van der Waals surface area contributed by atoms with E-state index in [-0.39, 0.29) is 25.3 Å². The van der Waals surface area contributed by atoms with Crippen molar-refractivity contribution in [1.29, 1.82) is 0 Å². The summed E-state index contributed by atoms with van der Waals surface area (Å²) < 4.78 is 9.97. The second-order valence-electron chi connectivity index (χ2n) is 2.54. The molecule has 1 heterocycles. The van der Waals surface area contributed by atoms with E-state index < -0.39 is 5.97 Å². The van der Waals surface area contributed by atoms with Crippen molar-refractivity contribution in [2.45, 2.75) is 6.42 Å². The molecule has 1 rings (SSSR count). The van der Waals surface area contributed by atoms with Crippen molar-refractivity contribution >= 4 is 5.97 Å². The summed E-state index contributed by atoms with van der Waals surface area (Å²) in [5.74, 6) is -0.415. The van der Waals surface area contributed by atoms with E-state index in [0.717, 1.165) is 0 Å². The molecule has 0 unspecified atom stereocenters. The zero-order chi connectivity index (χ0) is 10.6. The maximum absolute atomic E-state index is 10.4. The third-order valence-corrected chi connectivity index (χ3v) is 1.68. The molecule has 6 heteroatoms. The van der Waals surface area contributed by atoms with Crippen LogP contribution < -0.4 is 33.4 Å². The van der Waals surface area contributed by atoms with Gasteiger partial charge in [-0.1, -0.05) is 0 Å². The van der Waals surface area contributed by atoms with Crippen molar-refractivity contribution in [3.8, 4) is 11.5 Å². The number of aliphatic carboxylic acids is 1. The molecule has 0 aliphatic carbocycles. The molecule has 0 atom stereocenters. The molecule has 0 aliphatic heterocycles. The molecule has 0 saturated carbocycles. The maximum Gasteiger partial charge on any atom is 1.00 e. The van der Waals surface area contributed by atoms with Gasteiger partial charge in [0.25, 0.3) is 0 Å². The number of carboxylic acids is 1. The number of hydrogen-bond donors (Lipinski definition) is 0. The molecule has 0 fully saturated rings. The predicted molar refractivity (Wildman–Crippen MR) is 46.1 cm³/mol. The number of nitrogens with zero attached hydrogens (tertiary/aromatic N) is 1. The van der Waals surface area contributed by atoms with E-state index in [9.17, 15) is 9.90 Å². The zero-order valence-corrected chi connectivity index (χ0v) is 8.94. The van der Waals surface area contributed by atoms with Gasteiger partial charge in [-0.05, 0) is 0 Å². The van der Waals surface area contributed by atoms with Crippen LogP contribution in [0.4, 0.5) is 0 Å². The largest absolute Gasteiger partial charge is 1.00 e. The van der Waals surface area contributed by atoms with Crippen LogP contribution in [0.1, 0.15) is 5.69 Å². The molecule has 0 N–H and O–H groups in total. The van der Waals surface area contributed by atoms with Crippen molar-refractivity contribution in [1.82, 2.24) is 4.98 Å². The van der Waals surface area contributed by atoms with Gasteiger partial charge in [0.15, 0.2) is 11.5 Å². The average molecular weight is 203 g/mol. The average Bonchev–Trinajstić information content (AvgIpc) is 2.16. The Kier molecular flexibility index (Phi) is 5.83. The van der Waals surface area contributed by atoms with Gasteiger partial charge in [0.1, 0.15) is 0 Å². The Labute approximate surface area is 99.6 Å². The Hall–Kier alpha value is -1.18. The maximum atomic E-state index is 10.4. The van der Waals surface area contributed by atoms with Gasteiger partial charge in [-0.3, -0.25) is 4.98 Å². The standard InChI is InChI=1S/C9H11NO4.Li/c1-13-7-3-4-10-6(5-8(11)12)9(7)14-2;/h3-4H,5H2,1-2H3,(H,11,12);/q;+1/p-1. The van der Waals surface area contributed by atoms with Crippen molar-refractivity contribution in [2.24, 2.45) is 0 Å². The summed E-state index contributed by atoms with van der Waals surface area (Å²) in [7, 11) is 2.90. The summed E-state index contributed by atoms with van der Waals surface area (Å²) in [5.41, 5.74) is 0.298. The normalized spacial score (nSPS) is 8.93. The molecule has 0 saturated heterocycles. The summed E-state index contributed by atoms with van der Waals surface area (Å²) in [5, 5.41) is 10.4. The van der Waals surface area contributed by atoms with Gasteiger partial charge in [0.2, 0.25) is 0 Å². The smallest absolute Gasteiger partial charge is 0.550 e. The van der Waals surface area contributed by atoms with Crippen LogP contribution in [0, 0.1) is 0 Å². The fraction of sp³-hybridized carbons (Fsp3) is 0.333. The number of hydrogen-bond acceptors (Lipinski definition) is 5. The molecule has 5 nitrogen and oxygen atoms in total. The van der Waals surface area contributed by atoms with Crippen LogP contribution in [0.5, 0.6) is 11.5 Å². The number of carboxylic acid groups (broad SMARTS) is 1. The van der Waals surface area contributed by atoms with Gasteiger partial charge < -0.3 is 19.4 Å². The van der Waals surface area contributed by atoms with Gasteiger partial charge in [-0.15, -0.1) is 0 Å². The summed E-state index contributed by atoms with van der Waals surface area (Å²) in [6.07, 6.45) is 1.17. The van der Waals surface area contributed by atoms with E-state index >= 15 is 0 Å². The van der Waals surface area contributed by atoms with E-state index in [1.165, 1.54) is 20.4 Å². The summed E-state index contributed by atoms with van der Waals surface area (Å²) in [6, 6.07) is 1.59. The van der Waals surface area contributed by atoms with E-state index in [1.54, 1.807) is 6.07 Å². The number of carbonyl (C=O) groups excluding carboxylic acids is 1. The van der Waals surface area contributed by atoms with Crippen LogP contribution in [-0.4, -0.2) is 25.2 Å². The number of aromatic nitrogens is 1. The van der Waals surface area contributed by atoms with Gasteiger partial charge in [0, 0.05) is 24.7 Å². The first-order valence-electron chi connectivity index (χ1n) is 3.94. The molecule has 15 heavy (non-hydrogen) atoms. The molecule has 0 amide bonds. The van der Waals surface area contributed by atoms with E-state index in [0.29, 0.717) is 17.2 Å². The monoisotopic (exact) mass is 203 g/mol. The Morgan fingerprint density at radius 3 is 2.60 bits per heavy atom. The molecule has 0 spiro atoms. The number of carbonyl (C=O) groups is 1. The number of rotatable bonds is 4. The predicted octanol–water partition coefficient (Wildman–Crippen LogP) is -3.60. The molecule has 76 valence electrons. The van der Waals surface area contributed by atoms with Crippen molar-refractivity contribution in [3.05, 3.63) is 18.0 Å². The van der Waals surface area contributed by atoms with E-state index in [1.807, 2.05) is 0 Å². The van der Waals surface area contributed by atoms with Crippen LogP contribution in [0.25, 0.3) is 0 Å². The topological polar surface area (TPSA) is 71.5 Å². The fourth-order valence-corrected chi connectivity index (χ4v) is 1.11. The van der Waals surface area contributed by atoms with Crippen molar-refractivity contribution < 1.29 is 38.2 Å². The molecule has 1 aromatic heterocycles. The molecule has 1 aromatic rings. The van der Waals surface area contributed by atoms with Crippen LogP contribution in [0.2, 0.25) is 0 Å². The second kappa shape index (κ2) is 6.33. The molecule has 0 aromatic carbocycles. The van der Waals surface area contributed by atoms with Crippen LogP contribution in [-0.2, 0) is 11.2 Å². The third kappa shape index (κ3) is 3.46. The Morgan fingerprint density at radius 2 is 2.13 bits per heavy atom. The molecular weight excluding hydrogens is 193 g/mol. The number of methoxy groups -OCH3 is 2. The Bertz CT molecular complexity index is 343. The third-order valence-electron chi connectivity index (χ3n) is 1.68. The number of ether oxygens (including phenoxy) is 2. The van der Waals surface area contributed by atoms with Crippen LogP contribution >= 0.6 is 0 Å². The minimum atomic E-state index is -1.20. The van der Waals surface area contributed by atoms with E-state index in [4.69, 9.17) is 9.47 Å². The first kappa shape index (κ1) is 13.8. The van der Waals surface area contributed by atoms with Gasteiger partial charge in [-0.25, -0.2) is 0 Å². The first-order chi connectivity index (χ1) is 6.69. The number of pyridine rings is 1. The minimum absolute atomic E-state index is 0. The first-order valence-corrected chi connectivity index (χ1v) is 3.94. The van der Waals surface area contributed by atoms with Crippen molar-refractivity contribution in [3.63, 3.8) is 0 Å². The van der Waals surface area contributed by atoms with Crippen LogP contribution in [0.15, 0.2) is 12.3 Å². The molecular formula is C9H10LiNO4. The minimum Gasteiger partial charge on any atom is -0.550 e. The fourth-order valence-electron chi connectivity index (χ4n) is 1.11. The van der Waals surface area contributed by atoms with Gasteiger partial charge in [-0.2, -0.15) is 0 Å². The Morgan fingerprint density at radius 1 is 1.47 bits per heavy atom. The van der Waals surface area contributed by atoms with Crippen LogP contribution in [0.3, 0.4) is 0 Å². The van der Waals surface area contributed by atoms with Gasteiger partial charge >= 0.3 is 18.9 Å². The quantitative estimate of drug-likeness (QED) is 0.473. The molecule has 0 bridgehead atoms. The zero-order valence-electron chi connectivity index (χ0n) is 8.94. The summed E-state index contributed by atoms with van der Waals surface area (Å²) >= 11 is 0. The second-order valence-corrected chi connectivity index (χ2v) is 2.54. The summed E-state index contributed by atoms with van der Waals surface area (Å²) in [6.45, 7) is 0. The Balaban J connectivity index is 0.00000196. The molecule has 0 radical (unpaired) electrons. The summed E-state index contributed by atoms with van der Waals surface area (Å²) in [4.78, 5) is 14.3.